The molecule has 0 radical (unpaired) electrons. The van der Waals surface area contributed by atoms with Gasteiger partial charge >= 0.3 is 0 Å². The molecule has 4 N–H and O–H groups in total. The minimum absolute atomic E-state index is 0.201. The van der Waals surface area contributed by atoms with Crippen LogP contribution in [0.2, 0.25) is 0 Å². The minimum atomic E-state index is -1.56. The van der Waals surface area contributed by atoms with Crippen molar-refractivity contribution in [1.82, 2.24) is 0 Å². The molecule has 0 saturated carbocycles. The zero-order chi connectivity index (χ0) is 22.1. The fourth-order valence-corrected chi connectivity index (χ4v) is 3.41. The molecule has 1 fully saturated rings. The zero-order valence-corrected chi connectivity index (χ0v) is 16.5. The van der Waals surface area contributed by atoms with Gasteiger partial charge < -0.3 is 39.1 Å². The molecule has 1 aromatic heterocycles. The largest absolute Gasteiger partial charge is 0.497 e. The normalized spacial score (nSPS) is 26.0. The molecule has 2 aromatic carbocycles. The molecule has 5 atom stereocenters. The number of methoxy groups -OCH3 is 1. The summed E-state index contributed by atoms with van der Waals surface area (Å²) in [5.74, 6) is 1.22. The zero-order valence-electron chi connectivity index (χ0n) is 16.5. The van der Waals surface area contributed by atoms with Gasteiger partial charge in [0.05, 0.1) is 19.1 Å². The van der Waals surface area contributed by atoms with Crippen molar-refractivity contribution in [3.05, 3.63) is 58.8 Å². The first-order chi connectivity index (χ1) is 14.9. The van der Waals surface area contributed by atoms with E-state index in [-0.39, 0.29) is 16.8 Å². The lowest BCUT2D eigenvalue weighted by Gasteiger charge is -2.39. The van der Waals surface area contributed by atoms with Gasteiger partial charge in [0.25, 0.3) is 0 Å². The molecule has 0 unspecified atom stereocenters. The maximum Gasteiger partial charge on any atom is 0.229 e. The highest BCUT2D eigenvalue weighted by Crippen LogP contribution is 2.29. The van der Waals surface area contributed by atoms with Crippen LogP contribution in [0, 0.1) is 0 Å². The summed E-state index contributed by atoms with van der Waals surface area (Å²) in [7, 11) is 1.56. The summed E-state index contributed by atoms with van der Waals surface area (Å²) in [6, 6.07) is 12.9. The predicted molar refractivity (Wildman–Crippen MR) is 109 cm³/mol. The number of aliphatic hydroxyl groups is 4. The number of fused-ring (bicyclic) bond motifs is 1. The lowest BCUT2D eigenvalue weighted by atomic mass is 9.99. The smallest absolute Gasteiger partial charge is 0.229 e. The van der Waals surface area contributed by atoms with Crippen LogP contribution in [-0.2, 0) is 4.74 Å². The number of rotatable bonds is 5. The van der Waals surface area contributed by atoms with Crippen molar-refractivity contribution in [2.45, 2.75) is 30.7 Å². The monoisotopic (exact) mass is 430 g/mol. The molecule has 4 rings (SSSR count). The second-order valence-corrected chi connectivity index (χ2v) is 7.18. The summed E-state index contributed by atoms with van der Waals surface area (Å²) in [6.07, 6.45) is -7.03. The molecule has 1 aliphatic heterocycles. The summed E-state index contributed by atoms with van der Waals surface area (Å²) < 4.78 is 22.0. The van der Waals surface area contributed by atoms with Crippen LogP contribution in [0.5, 0.6) is 11.5 Å². The van der Waals surface area contributed by atoms with E-state index in [4.69, 9.17) is 18.6 Å². The van der Waals surface area contributed by atoms with Crippen molar-refractivity contribution in [1.29, 1.82) is 0 Å². The van der Waals surface area contributed by atoms with Crippen LogP contribution in [0.1, 0.15) is 0 Å². The maximum absolute atomic E-state index is 12.5. The van der Waals surface area contributed by atoms with Crippen LogP contribution in [0.3, 0.4) is 0 Å². The molecular weight excluding hydrogens is 408 g/mol. The van der Waals surface area contributed by atoms with Gasteiger partial charge in [-0.1, -0.05) is 0 Å². The molecule has 0 spiro atoms. The Morgan fingerprint density at radius 2 is 1.65 bits per heavy atom. The Morgan fingerprint density at radius 1 is 0.935 bits per heavy atom. The summed E-state index contributed by atoms with van der Waals surface area (Å²) >= 11 is 0. The van der Waals surface area contributed by atoms with Gasteiger partial charge in [-0.05, 0) is 36.4 Å². The van der Waals surface area contributed by atoms with E-state index in [1.807, 2.05) is 0 Å². The van der Waals surface area contributed by atoms with E-state index < -0.39 is 37.3 Å². The first-order valence-electron chi connectivity index (χ1n) is 9.61. The number of hydrogen-bond acceptors (Lipinski definition) is 9. The van der Waals surface area contributed by atoms with Crippen LogP contribution in [-0.4, -0.2) is 64.8 Å². The van der Waals surface area contributed by atoms with Gasteiger partial charge in [-0.15, -0.1) is 0 Å². The van der Waals surface area contributed by atoms with E-state index in [1.165, 1.54) is 24.3 Å². The number of benzene rings is 2. The van der Waals surface area contributed by atoms with Gasteiger partial charge in [0.1, 0.15) is 47.3 Å². The van der Waals surface area contributed by atoms with E-state index in [0.29, 0.717) is 22.5 Å². The van der Waals surface area contributed by atoms with Crippen molar-refractivity contribution >= 4 is 11.0 Å². The van der Waals surface area contributed by atoms with Crippen molar-refractivity contribution in [3.63, 3.8) is 0 Å². The molecule has 9 nitrogen and oxygen atoms in total. The Morgan fingerprint density at radius 3 is 2.32 bits per heavy atom. The van der Waals surface area contributed by atoms with Gasteiger partial charge in [0.2, 0.25) is 6.29 Å². The molecular formula is C22H22O9. The lowest BCUT2D eigenvalue weighted by molar-refractivity contribution is -0.277. The molecule has 3 aromatic rings. The van der Waals surface area contributed by atoms with E-state index in [9.17, 15) is 25.2 Å². The highest BCUT2D eigenvalue weighted by molar-refractivity contribution is 5.80. The fourth-order valence-electron chi connectivity index (χ4n) is 3.41. The number of ether oxygens (including phenoxy) is 3. The Kier molecular flexibility index (Phi) is 5.94. The quantitative estimate of drug-likeness (QED) is 0.459. The third-order valence-electron chi connectivity index (χ3n) is 5.18. The Balaban J connectivity index is 1.64. The van der Waals surface area contributed by atoms with E-state index >= 15 is 0 Å². The van der Waals surface area contributed by atoms with Crippen molar-refractivity contribution < 1.29 is 39.1 Å². The first-order valence-corrected chi connectivity index (χ1v) is 9.61. The minimum Gasteiger partial charge on any atom is -0.497 e. The average Bonchev–Trinajstić information content (AvgIpc) is 2.79. The molecule has 31 heavy (non-hydrogen) atoms. The van der Waals surface area contributed by atoms with Crippen LogP contribution in [0.25, 0.3) is 22.3 Å². The lowest BCUT2D eigenvalue weighted by Crippen LogP contribution is -2.60. The van der Waals surface area contributed by atoms with Gasteiger partial charge in [-0.2, -0.15) is 0 Å². The van der Waals surface area contributed by atoms with Gasteiger partial charge in [-0.3, -0.25) is 4.79 Å². The molecule has 1 saturated heterocycles. The number of aliphatic hydroxyl groups excluding tert-OH is 4. The van der Waals surface area contributed by atoms with Crippen LogP contribution >= 0.6 is 0 Å². The average molecular weight is 430 g/mol. The van der Waals surface area contributed by atoms with E-state index in [0.717, 1.165) is 0 Å². The molecule has 0 bridgehead atoms. The highest BCUT2D eigenvalue weighted by Gasteiger charge is 2.44. The second kappa shape index (κ2) is 8.66. The maximum atomic E-state index is 12.5. The van der Waals surface area contributed by atoms with Crippen LogP contribution in [0.15, 0.2) is 57.7 Å². The van der Waals surface area contributed by atoms with Gasteiger partial charge in [0, 0.05) is 17.7 Å². The molecule has 0 aliphatic carbocycles. The van der Waals surface area contributed by atoms with Crippen LogP contribution < -0.4 is 14.9 Å². The van der Waals surface area contributed by atoms with Gasteiger partial charge in [-0.25, -0.2) is 0 Å². The first kappa shape index (κ1) is 21.3. The third kappa shape index (κ3) is 4.14. The second-order valence-electron chi connectivity index (χ2n) is 7.18. The van der Waals surface area contributed by atoms with Crippen molar-refractivity contribution in [2.24, 2.45) is 0 Å². The molecule has 2 heterocycles. The summed E-state index contributed by atoms with van der Waals surface area (Å²) in [5.41, 5.74) is 0.687. The van der Waals surface area contributed by atoms with E-state index in [2.05, 4.69) is 0 Å². The topological polar surface area (TPSA) is 139 Å². The summed E-state index contributed by atoms with van der Waals surface area (Å²) in [5, 5.41) is 39.6. The molecule has 164 valence electrons. The van der Waals surface area contributed by atoms with Crippen molar-refractivity contribution in [2.75, 3.05) is 13.7 Å². The number of hydrogen-bond donors (Lipinski definition) is 4. The van der Waals surface area contributed by atoms with Crippen LogP contribution in [0.4, 0.5) is 0 Å². The molecule has 0 amide bonds. The summed E-state index contributed by atoms with van der Waals surface area (Å²) in [6.45, 7) is -0.567. The Bertz CT molecular complexity index is 1110. The standard InChI is InChI=1S/C22H22O9/c1-28-12-4-2-11(3-5-12)16-9-15(24)14-7-6-13(8-17(14)30-16)29-22-21(27)20(26)19(25)18(10-23)31-22/h2-9,18-23,25-27H,10H2,1H3/t18-,19-,20+,21-,22-/m1/s1. The third-order valence-corrected chi connectivity index (χ3v) is 5.18. The van der Waals surface area contributed by atoms with Crippen molar-refractivity contribution in [3.8, 4) is 22.8 Å². The molecule has 9 heteroatoms. The SMILES string of the molecule is COc1ccc(-c2cc(=O)c3ccc(O[C@@H]4O[C@H](CO)[C@@H](O)[C@H](O)[C@H]4O)cc3o2)cc1. The highest BCUT2D eigenvalue weighted by atomic mass is 16.7. The Hall–Kier alpha value is -2.95. The molecule has 1 aliphatic rings. The Labute approximate surface area is 176 Å². The van der Waals surface area contributed by atoms with E-state index in [1.54, 1.807) is 31.4 Å². The predicted octanol–water partition coefficient (Wildman–Crippen LogP) is 0.647. The fraction of sp³-hybridized carbons (Fsp3) is 0.318. The van der Waals surface area contributed by atoms with Gasteiger partial charge in [0.15, 0.2) is 5.43 Å². The summed E-state index contributed by atoms with van der Waals surface area (Å²) in [4.78, 5) is 12.5.